The van der Waals surface area contributed by atoms with E-state index in [-0.39, 0.29) is 54.9 Å². The molecule has 1 amide bonds. The van der Waals surface area contributed by atoms with Crippen molar-refractivity contribution in [3.05, 3.63) is 71.0 Å². The van der Waals surface area contributed by atoms with Crippen LogP contribution in [-0.4, -0.2) is 35.3 Å². The van der Waals surface area contributed by atoms with Crippen LogP contribution in [0, 0.1) is 5.82 Å². The zero-order valence-electron chi connectivity index (χ0n) is 17.6. The first kappa shape index (κ1) is 25.7. The molecule has 0 N–H and O–H groups in total. The highest BCUT2D eigenvalue weighted by Crippen LogP contribution is 2.37. The summed E-state index contributed by atoms with van der Waals surface area (Å²) in [6, 6.07) is 8.58. The van der Waals surface area contributed by atoms with E-state index < -0.39 is 42.2 Å². The molecule has 4 rings (SSSR count). The second-order valence-corrected chi connectivity index (χ2v) is 7.91. The number of amides is 1. The maximum absolute atomic E-state index is 12.9. The number of halogens is 7. The van der Waals surface area contributed by atoms with E-state index in [1.807, 2.05) is 0 Å². The van der Waals surface area contributed by atoms with Crippen molar-refractivity contribution in [3.8, 4) is 0 Å². The van der Waals surface area contributed by atoms with E-state index >= 15 is 0 Å². The van der Waals surface area contributed by atoms with Crippen LogP contribution < -0.4 is 0 Å². The number of fused-ring (bicyclic) bond motifs is 1. The minimum atomic E-state index is -4.93. The minimum Gasteiger partial charge on any atom is -0.372 e. The van der Waals surface area contributed by atoms with Crippen molar-refractivity contribution < 1.29 is 45.1 Å². The van der Waals surface area contributed by atoms with Crippen molar-refractivity contribution in [1.82, 2.24) is 4.90 Å². The predicted molar refractivity (Wildman–Crippen MR) is 106 cm³/mol. The van der Waals surface area contributed by atoms with E-state index in [0.717, 1.165) is 0 Å². The number of benzene rings is 2. The summed E-state index contributed by atoms with van der Waals surface area (Å²) in [5.41, 5.74) is -3.10. The van der Waals surface area contributed by atoms with Gasteiger partial charge in [-0.15, -0.1) is 0 Å². The Balaban J connectivity index is 0.000000396. The zero-order valence-corrected chi connectivity index (χ0v) is 17.6. The number of ketones is 1. The highest BCUT2D eigenvalue weighted by Gasteiger charge is 2.43. The predicted octanol–water partition coefficient (Wildman–Crippen LogP) is 5.40. The lowest BCUT2D eigenvalue weighted by atomic mass is 10.0. The van der Waals surface area contributed by atoms with Crippen LogP contribution in [-0.2, 0) is 33.3 Å². The van der Waals surface area contributed by atoms with Gasteiger partial charge >= 0.3 is 12.4 Å². The zero-order chi connectivity index (χ0) is 25.1. The van der Waals surface area contributed by atoms with Gasteiger partial charge in [0.2, 0.25) is 5.91 Å². The summed E-state index contributed by atoms with van der Waals surface area (Å²) in [5.74, 6) is -0.495. The number of nitrogens with zero attached hydrogens (tertiary/aromatic N) is 1. The van der Waals surface area contributed by atoms with Crippen molar-refractivity contribution in [2.24, 2.45) is 0 Å². The molecule has 2 unspecified atom stereocenters. The third-order valence-corrected chi connectivity index (χ3v) is 5.41. The molecule has 2 fully saturated rings. The molecule has 2 heterocycles. The summed E-state index contributed by atoms with van der Waals surface area (Å²) >= 11 is 0. The Labute approximate surface area is 190 Å². The SMILES string of the molecule is Fc1ccccc1.O=C1CCC(=O)N2CC(OCc3cc(C(F)(F)F)cc(C(F)(F)F)c3)CC12. The highest BCUT2D eigenvalue weighted by atomic mass is 19.4. The van der Waals surface area contributed by atoms with Gasteiger partial charge in [-0.3, -0.25) is 9.59 Å². The van der Waals surface area contributed by atoms with Crippen molar-refractivity contribution in [2.75, 3.05) is 6.54 Å². The molecule has 4 nitrogen and oxygen atoms in total. The second-order valence-electron chi connectivity index (χ2n) is 7.91. The van der Waals surface area contributed by atoms with Gasteiger partial charge in [0.1, 0.15) is 5.82 Å². The average Bonchev–Trinajstić information content (AvgIpc) is 3.20. The van der Waals surface area contributed by atoms with Crippen LogP contribution in [0.2, 0.25) is 0 Å². The third kappa shape index (κ3) is 6.55. The first-order valence-corrected chi connectivity index (χ1v) is 10.3. The molecule has 2 atom stereocenters. The number of rotatable bonds is 3. The number of carbonyl (C=O) groups is 2. The summed E-state index contributed by atoms with van der Waals surface area (Å²) in [6.45, 7) is -0.388. The van der Waals surface area contributed by atoms with Gasteiger partial charge in [-0.25, -0.2) is 4.39 Å². The topological polar surface area (TPSA) is 46.6 Å². The van der Waals surface area contributed by atoms with Crippen LogP contribution in [0.3, 0.4) is 0 Å². The van der Waals surface area contributed by atoms with E-state index in [1.165, 1.54) is 17.0 Å². The largest absolute Gasteiger partial charge is 0.416 e. The van der Waals surface area contributed by atoms with Gasteiger partial charge in [0.15, 0.2) is 5.78 Å². The van der Waals surface area contributed by atoms with Gasteiger partial charge in [0.05, 0.1) is 29.9 Å². The molecule has 11 heteroatoms. The molecule has 2 saturated heterocycles. The summed E-state index contributed by atoms with van der Waals surface area (Å²) in [4.78, 5) is 25.0. The Bertz CT molecular complexity index is 965. The molecule has 0 radical (unpaired) electrons. The van der Waals surface area contributed by atoms with Crippen molar-refractivity contribution >= 4 is 11.7 Å². The van der Waals surface area contributed by atoms with E-state index in [2.05, 4.69) is 0 Å². The van der Waals surface area contributed by atoms with E-state index in [9.17, 15) is 40.3 Å². The van der Waals surface area contributed by atoms with E-state index in [4.69, 9.17) is 4.74 Å². The quantitative estimate of drug-likeness (QED) is 0.541. The highest BCUT2D eigenvalue weighted by molar-refractivity contribution is 5.95. The molecule has 0 saturated carbocycles. The second kappa shape index (κ2) is 10.1. The van der Waals surface area contributed by atoms with Crippen LogP contribution in [0.15, 0.2) is 48.5 Å². The molecule has 2 aliphatic heterocycles. The number of hydrogen-bond donors (Lipinski definition) is 0. The Hall–Kier alpha value is -2.95. The summed E-state index contributed by atoms with van der Waals surface area (Å²) < 4.78 is 94.6. The molecule has 2 aromatic rings. The summed E-state index contributed by atoms with van der Waals surface area (Å²) in [7, 11) is 0. The molecule has 2 aliphatic rings. The van der Waals surface area contributed by atoms with Gasteiger partial charge in [0, 0.05) is 25.8 Å². The number of Topliss-reactive ketones (excluding diaryl/α,β-unsaturated/α-hetero) is 1. The lowest BCUT2D eigenvalue weighted by Crippen LogP contribution is -2.44. The number of alkyl halides is 6. The first-order valence-electron chi connectivity index (χ1n) is 10.3. The van der Waals surface area contributed by atoms with Crippen LogP contribution in [0.5, 0.6) is 0 Å². The van der Waals surface area contributed by atoms with Gasteiger partial charge in [-0.2, -0.15) is 26.3 Å². The van der Waals surface area contributed by atoms with Gasteiger partial charge in [0.25, 0.3) is 0 Å². The van der Waals surface area contributed by atoms with Crippen molar-refractivity contribution in [2.45, 2.75) is 50.4 Å². The fourth-order valence-electron chi connectivity index (χ4n) is 3.77. The Morgan fingerprint density at radius 1 is 0.882 bits per heavy atom. The number of hydrogen-bond acceptors (Lipinski definition) is 3. The lowest BCUT2D eigenvalue weighted by molar-refractivity contribution is -0.143. The van der Waals surface area contributed by atoms with Gasteiger partial charge < -0.3 is 9.64 Å². The smallest absolute Gasteiger partial charge is 0.372 e. The number of carbonyl (C=O) groups excluding carboxylic acids is 2. The standard InChI is InChI=1S/C17H15F6NO3.C6H5F/c18-16(19,20)10-3-9(4-11(5-10)17(21,22)23)8-27-12-6-13-14(25)1-2-15(26)24(13)7-12;7-6-4-2-1-3-5-6/h3-5,12-13H,1-2,6-8H2;1-5H. The lowest BCUT2D eigenvalue weighted by Gasteiger charge is -2.27. The van der Waals surface area contributed by atoms with Crippen LogP contribution in [0.25, 0.3) is 0 Å². The van der Waals surface area contributed by atoms with Gasteiger partial charge in [-0.05, 0) is 35.9 Å². The van der Waals surface area contributed by atoms with Crippen LogP contribution >= 0.6 is 0 Å². The van der Waals surface area contributed by atoms with Crippen LogP contribution in [0.4, 0.5) is 30.7 Å². The summed E-state index contributed by atoms with van der Waals surface area (Å²) in [5, 5.41) is 0. The van der Waals surface area contributed by atoms with E-state index in [1.54, 1.807) is 18.2 Å². The number of ether oxygens (including phenoxy) is 1. The molecule has 0 bridgehead atoms. The van der Waals surface area contributed by atoms with E-state index in [0.29, 0.717) is 12.1 Å². The van der Waals surface area contributed by atoms with Gasteiger partial charge in [-0.1, -0.05) is 18.2 Å². The molecule has 0 aliphatic carbocycles. The molecule has 0 spiro atoms. The fraction of sp³-hybridized carbons (Fsp3) is 0.391. The molecule has 0 aromatic heterocycles. The third-order valence-electron chi connectivity index (χ3n) is 5.41. The molecule has 2 aromatic carbocycles. The Morgan fingerprint density at radius 2 is 1.47 bits per heavy atom. The fourth-order valence-corrected chi connectivity index (χ4v) is 3.77. The maximum atomic E-state index is 12.9. The molecular formula is C23H20F7NO3. The van der Waals surface area contributed by atoms with Crippen molar-refractivity contribution in [1.29, 1.82) is 0 Å². The molecule has 34 heavy (non-hydrogen) atoms. The average molecular weight is 491 g/mol. The Kier molecular flexibility index (Phi) is 7.64. The molecule has 184 valence electrons. The Morgan fingerprint density at radius 3 is 1.94 bits per heavy atom. The monoisotopic (exact) mass is 491 g/mol. The van der Waals surface area contributed by atoms with Crippen LogP contribution in [0.1, 0.15) is 36.0 Å². The summed E-state index contributed by atoms with van der Waals surface area (Å²) in [6.07, 6.45) is -10.0. The maximum Gasteiger partial charge on any atom is 0.416 e. The number of piperidine rings is 1. The minimum absolute atomic E-state index is 0.0522. The normalized spacial score (nSPS) is 20.6. The first-order chi connectivity index (χ1) is 15.8. The van der Waals surface area contributed by atoms with Crippen molar-refractivity contribution in [3.63, 3.8) is 0 Å². The molecular weight excluding hydrogens is 471 g/mol.